The van der Waals surface area contributed by atoms with Crippen LogP contribution in [0.25, 0.3) is 0 Å². The third-order valence-corrected chi connectivity index (χ3v) is 10.1. The van der Waals surface area contributed by atoms with Gasteiger partial charge in [0.15, 0.2) is 17.6 Å². The number of carbonyl (C=O) groups is 3. The lowest BCUT2D eigenvalue weighted by atomic mass is 10.0. The molecule has 2 amide bonds. The van der Waals surface area contributed by atoms with Crippen LogP contribution in [0.2, 0.25) is 0 Å². The second-order valence-corrected chi connectivity index (χ2v) is 13.5. The van der Waals surface area contributed by atoms with E-state index < -0.39 is 39.5 Å². The molecule has 46 heavy (non-hydrogen) atoms. The lowest BCUT2D eigenvalue weighted by Crippen LogP contribution is -2.70. The highest BCUT2D eigenvalue weighted by atomic mass is 32.2. The average molecular weight is 655 g/mol. The van der Waals surface area contributed by atoms with Gasteiger partial charge in [0.05, 0.1) is 12.2 Å². The molecule has 4 aromatic carbocycles. The summed E-state index contributed by atoms with van der Waals surface area (Å²) in [5, 5.41) is 2.10. The zero-order valence-electron chi connectivity index (χ0n) is 24.7. The minimum Gasteiger partial charge on any atom is -0.448 e. The molecule has 2 aliphatic heterocycles. The summed E-state index contributed by atoms with van der Waals surface area (Å²) in [6.45, 7) is 1.83. The number of nitrogens with one attached hydrogen (secondary N) is 1. The van der Waals surface area contributed by atoms with Crippen molar-refractivity contribution in [3.63, 3.8) is 0 Å². The van der Waals surface area contributed by atoms with E-state index in [9.17, 15) is 22.8 Å². The fourth-order valence-corrected chi connectivity index (χ4v) is 7.58. The van der Waals surface area contributed by atoms with E-state index in [-0.39, 0.29) is 34.4 Å². The van der Waals surface area contributed by atoms with Crippen molar-refractivity contribution in [2.75, 3.05) is 5.75 Å². The molecule has 234 valence electrons. The lowest BCUT2D eigenvalue weighted by molar-refractivity contribution is -0.155. The predicted molar refractivity (Wildman–Crippen MR) is 172 cm³/mol. The van der Waals surface area contributed by atoms with E-state index in [4.69, 9.17) is 8.92 Å². The number of thioether (sulfide) groups is 1. The zero-order valence-corrected chi connectivity index (χ0v) is 26.4. The van der Waals surface area contributed by atoms with Crippen LogP contribution < -0.4 is 5.32 Å². The number of nitrogens with zero attached hydrogens (tertiary/aromatic N) is 1. The van der Waals surface area contributed by atoms with Crippen LogP contribution in [-0.2, 0) is 39.8 Å². The Hall–Kier alpha value is -4.87. The third-order valence-electron chi connectivity index (χ3n) is 7.60. The third kappa shape index (κ3) is 6.56. The Morgan fingerprint density at radius 3 is 2.02 bits per heavy atom. The van der Waals surface area contributed by atoms with E-state index in [2.05, 4.69) is 5.32 Å². The number of carbonyl (C=O) groups excluding carboxylic acids is 3. The summed E-state index contributed by atoms with van der Waals surface area (Å²) in [6.07, 6.45) is -0.783. The monoisotopic (exact) mass is 654 g/mol. The molecule has 1 N–H and O–H groups in total. The van der Waals surface area contributed by atoms with Gasteiger partial charge >= 0.3 is 16.1 Å². The van der Waals surface area contributed by atoms with Crippen LogP contribution in [-0.4, -0.2) is 48.3 Å². The van der Waals surface area contributed by atoms with Crippen molar-refractivity contribution >= 4 is 39.7 Å². The standard InChI is InChI=1S/C35H30N2O7S2/c1-23-17-19-27(20-18-23)46(41,42)44-28-22-45-34-30(36-29(38)21-24-11-5-2-6-12-24)33(39)37(34)31(28)35(40)43-32(25-13-7-3-8-14-25)26-15-9-4-10-16-26/h2-20,30,32,34H,21-22H2,1H3,(H,36,38)/t30-,34-/m1/s1. The maximum atomic E-state index is 14.1. The van der Waals surface area contributed by atoms with Crippen LogP contribution in [0.5, 0.6) is 0 Å². The molecule has 0 saturated carbocycles. The first-order chi connectivity index (χ1) is 22.2. The summed E-state index contributed by atoms with van der Waals surface area (Å²) in [6, 6.07) is 32.5. The Balaban J connectivity index is 1.32. The molecule has 0 unspecified atom stereocenters. The average Bonchev–Trinajstić information content (AvgIpc) is 3.07. The molecule has 1 fully saturated rings. The van der Waals surface area contributed by atoms with Crippen LogP contribution in [0, 0.1) is 6.92 Å². The minimum absolute atomic E-state index is 0.0592. The molecule has 2 heterocycles. The maximum Gasteiger partial charge on any atom is 0.359 e. The zero-order chi connectivity index (χ0) is 32.3. The second-order valence-electron chi connectivity index (χ2n) is 10.8. The van der Waals surface area contributed by atoms with E-state index in [1.54, 1.807) is 12.1 Å². The van der Waals surface area contributed by atoms with Gasteiger partial charge in [0.1, 0.15) is 16.3 Å². The fourth-order valence-electron chi connectivity index (χ4n) is 5.28. The van der Waals surface area contributed by atoms with Gasteiger partial charge in [-0.15, -0.1) is 11.8 Å². The van der Waals surface area contributed by atoms with Crippen molar-refractivity contribution in [3.05, 3.63) is 149 Å². The Kier molecular flexibility index (Phi) is 8.96. The Labute approximate surface area is 271 Å². The van der Waals surface area contributed by atoms with Gasteiger partial charge in [0.2, 0.25) is 5.91 Å². The number of β-lactam (4-membered cyclic amide) rings is 1. The van der Waals surface area contributed by atoms with Crippen LogP contribution in [0.3, 0.4) is 0 Å². The molecule has 0 aliphatic carbocycles. The number of benzene rings is 4. The van der Waals surface area contributed by atoms with Crippen molar-refractivity contribution in [1.29, 1.82) is 0 Å². The van der Waals surface area contributed by atoms with E-state index in [0.717, 1.165) is 16.0 Å². The van der Waals surface area contributed by atoms with E-state index in [0.29, 0.717) is 11.1 Å². The molecule has 2 aliphatic rings. The number of amides is 2. The molecule has 0 radical (unpaired) electrons. The van der Waals surface area contributed by atoms with Crippen molar-refractivity contribution in [2.24, 2.45) is 0 Å². The molecule has 0 aromatic heterocycles. The normalized spacial score (nSPS) is 17.6. The van der Waals surface area contributed by atoms with Gasteiger partial charge in [-0.2, -0.15) is 8.42 Å². The number of ether oxygens (including phenoxy) is 1. The first kappa shape index (κ1) is 31.1. The van der Waals surface area contributed by atoms with Gasteiger partial charge in [-0.1, -0.05) is 109 Å². The summed E-state index contributed by atoms with van der Waals surface area (Å²) in [7, 11) is -4.36. The van der Waals surface area contributed by atoms with E-state index in [1.807, 2.05) is 97.9 Å². The number of hydrogen-bond donors (Lipinski definition) is 1. The lowest BCUT2D eigenvalue weighted by Gasteiger charge is -2.49. The van der Waals surface area contributed by atoms with E-state index >= 15 is 0 Å². The van der Waals surface area contributed by atoms with Crippen LogP contribution in [0.1, 0.15) is 28.4 Å². The largest absolute Gasteiger partial charge is 0.448 e. The highest BCUT2D eigenvalue weighted by Crippen LogP contribution is 2.42. The number of fused-ring (bicyclic) bond motifs is 1. The molecule has 1 saturated heterocycles. The number of rotatable bonds is 10. The van der Waals surface area contributed by atoms with E-state index in [1.165, 1.54) is 23.9 Å². The Morgan fingerprint density at radius 2 is 1.43 bits per heavy atom. The predicted octanol–water partition coefficient (Wildman–Crippen LogP) is 4.89. The second kappa shape index (κ2) is 13.2. The smallest absolute Gasteiger partial charge is 0.359 e. The summed E-state index contributed by atoms with van der Waals surface area (Å²) in [5.41, 5.74) is 2.70. The highest BCUT2D eigenvalue weighted by Gasteiger charge is 2.55. The van der Waals surface area contributed by atoms with Gasteiger partial charge in [-0.25, -0.2) is 4.79 Å². The first-order valence-electron chi connectivity index (χ1n) is 14.5. The fraction of sp³-hybridized carbons (Fsp3) is 0.171. The van der Waals surface area contributed by atoms with Crippen molar-refractivity contribution in [1.82, 2.24) is 10.2 Å². The Morgan fingerprint density at radius 1 is 0.870 bits per heavy atom. The molecule has 0 bridgehead atoms. The highest BCUT2D eigenvalue weighted by molar-refractivity contribution is 8.00. The number of hydrogen-bond acceptors (Lipinski definition) is 8. The van der Waals surface area contributed by atoms with Crippen LogP contribution in [0.15, 0.2) is 132 Å². The molecule has 4 aromatic rings. The summed E-state index contributed by atoms with van der Waals surface area (Å²) in [5.74, 6) is -2.14. The van der Waals surface area contributed by atoms with Gasteiger partial charge in [0, 0.05) is 0 Å². The molecular weight excluding hydrogens is 625 g/mol. The summed E-state index contributed by atoms with van der Waals surface area (Å²) < 4.78 is 38.3. The molecule has 9 nitrogen and oxygen atoms in total. The van der Waals surface area contributed by atoms with Gasteiger partial charge in [-0.05, 0) is 35.7 Å². The summed E-state index contributed by atoms with van der Waals surface area (Å²) in [4.78, 5) is 41.6. The van der Waals surface area contributed by atoms with Gasteiger partial charge < -0.3 is 14.2 Å². The van der Waals surface area contributed by atoms with Crippen molar-refractivity contribution in [2.45, 2.75) is 35.8 Å². The molecule has 11 heteroatoms. The Bertz CT molecular complexity index is 1840. The first-order valence-corrected chi connectivity index (χ1v) is 17.0. The summed E-state index contributed by atoms with van der Waals surface area (Å²) >= 11 is 1.19. The van der Waals surface area contributed by atoms with Crippen molar-refractivity contribution in [3.8, 4) is 0 Å². The molecule has 2 atom stereocenters. The van der Waals surface area contributed by atoms with Crippen LogP contribution in [0.4, 0.5) is 0 Å². The topological polar surface area (TPSA) is 119 Å². The molecular formula is C35H30N2O7S2. The van der Waals surface area contributed by atoms with Crippen LogP contribution >= 0.6 is 11.8 Å². The quantitative estimate of drug-likeness (QED) is 0.146. The SMILES string of the molecule is Cc1ccc(S(=O)(=O)OC2=C(C(=O)OC(c3ccccc3)c3ccccc3)N3C(=O)[C@@H](NC(=O)Cc4ccccc4)[C@H]3SC2)cc1. The minimum atomic E-state index is -4.36. The maximum absolute atomic E-state index is 14.1. The van der Waals surface area contributed by atoms with Gasteiger partial charge in [0.25, 0.3) is 5.91 Å². The molecule has 0 spiro atoms. The van der Waals surface area contributed by atoms with Gasteiger partial charge in [-0.3, -0.25) is 14.5 Å². The number of aryl methyl sites for hydroxylation is 1. The molecule has 6 rings (SSSR count). The van der Waals surface area contributed by atoms with Crippen molar-refractivity contribution < 1.29 is 31.7 Å². The number of esters is 1.